The van der Waals surface area contributed by atoms with E-state index in [0.717, 1.165) is 11.1 Å². The Balaban J connectivity index is 1.61. The Kier molecular flexibility index (Phi) is 6.03. The highest BCUT2D eigenvalue weighted by atomic mass is 19.1. The number of rotatable bonds is 4. The number of halogens is 1. The van der Waals surface area contributed by atoms with Crippen molar-refractivity contribution in [3.8, 4) is 0 Å². The summed E-state index contributed by atoms with van der Waals surface area (Å²) in [7, 11) is 0. The van der Waals surface area contributed by atoms with E-state index in [1.54, 1.807) is 0 Å². The van der Waals surface area contributed by atoms with Crippen molar-refractivity contribution in [1.82, 2.24) is 15.4 Å². The van der Waals surface area contributed by atoms with Crippen LogP contribution in [0, 0.1) is 12.7 Å². The van der Waals surface area contributed by atoms with Gasteiger partial charge in [-0.2, -0.15) is 0 Å². The third kappa shape index (κ3) is 5.52. The number of hydrogen-bond acceptors (Lipinski definition) is 3. The molecule has 2 aromatic carbocycles. The van der Waals surface area contributed by atoms with Crippen molar-refractivity contribution in [3.05, 3.63) is 99.7 Å². The van der Waals surface area contributed by atoms with Crippen molar-refractivity contribution in [2.45, 2.75) is 13.5 Å². The maximum atomic E-state index is 12.9. The number of hydrogen-bond donors (Lipinski definition) is 3. The molecule has 0 aliphatic rings. The van der Waals surface area contributed by atoms with E-state index >= 15 is 0 Å². The number of carbonyl (C=O) groups is 2. The quantitative estimate of drug-likeness (QED) is 0.594. The summed E-state index contributed by atoms with van der Waals surface area (Å²) < 4.78 is 14.3. The Bertz CT molecular complexity index is 1080. The highest BCUT2D eigenvalue weighted by Crippen LogP contribution is 2.08. The second-order valence-electron chi connectivity index (χ2n) is 6.41. The molecular formula is C21H19FN4O3. The summed E-state index contributed by atoms with van der Waals surface area (Å²) in [4.78, 5) is 36.2. The van der Waals surface area contributed by atoms with E-state index in [1.165, 1.54) is 47.2 Å². The third-order valence-corrected chi connectivity index (χ3v) is 4.11. The molecule has 0 aliphatic heterocycles. The number of amides is 3. The molecule has 3 aromatic rings. The first-order valence-corrected chi connectivity index (χ1v) is 8.80. The van der Waals surface area contributed by atoms with Crippen LogP contribution in [-0.4, -0.2) is 16.5 Å². The molecule has 148 valence electrons. The van der Waals surface area contributed by atoms with Crippen LogP contribution < -0.4 is 21.7 Å². The molecule has 0 radical (unpaired) electrons. The molecule has 3 N–H and O–H groups in total. The van der Waals surface area contributed by atoms with Crippen LogP contribution in [0.15, 0.2) is 71.7 Å². The van der Waals surface area contributed by atoms with E-state index < -0.39 is 17.8 Å². The van der Waals surface area contributed by atoms with Gasteiger partial charge in [-0.1, -0.05) is 29.8 Å². The molecule has 7 nitrogen and oxygen atoms in total. The molecule has 1 heterocycles. The zero-order valence-electron chi connectivity index (χ0n) is 15.6. The second-order valence-corrected chi connectivity index (χ2v) is 6.41. The highest BCUT2D eigenvalue weighted by Gasteiger charge is 2.10. The molecule has 0 spiro atoms. The van der Waals surface area contributed by atoms with Crippen molar-refractivity contribution in [3.63, 3.8) is 0 Å². The van der Waals surface area contributed by atoms with E-state index in [0.29, 0.717) is 12.2 Å². The smallest absolute Gasteiger partial charge is 0.310 e. The van der Waals surface area contributed by atoms with Crippen LogP contribution in [0.25, 0.3) is 0 Å². The lowest BCUT2D eigenvalue weighted by Gasteiger charge is -2.11. The van der Waals surface area contributed by atoms with Gasteiger partial charge in [-0.15, -0.1) is 0 Å². The van der Waals surface area contributed by atoms with Crippen LogP contribution in [0.1, 0.15) is 21.5 Å². The minimum Gasteiger partial charge on any atom is -0.310 e. The number of pyridine rings is 1. The Hall–Kier alpha value is -3.94. The van der Waals surface area contributed by atoms with E-state index in [4.69, 9.17) is 0 Å². The number of benzene rings is 2. The average Bonchev–Trinajstić information content (AvgIpc) is 2.71. The summed E-state index contributed by atoms with van der Waals surface area (Å²) in [6, 6.07) is 14.9. The molecule has 0 fully saturated rings. The highest BCUT2D eigenvalue weighted by molar-refractivity contribution is 5.96. The van der Waals surface area contributed by atoms with Crippen LogP contribution in [0.4, 0.5) is 14.9 Å². The van der Waals surface area contributed by atoms with Crippen LogP contribution >= 0.6 is 0 Å². The summed E-state index contributed by atoms with van der Waals surface area (Å²) >= 11 is 0. The van der Waals surface area contributed by atoms with E-state index in [9.17, 15) is 18.8 Å². The summed E-state index contributed by atoms with van der Waals surface area (Å²) in [6.07, 6.45) is 1.43. The van der Waals surface area contributed by atoms with Gasteiger partial charge in [-0.25, -0.2) is 14.6 Å². The van der Waals surface area contributed by atoms with Gasteiger partial charge in [0.1, 0.15) is 5.82 Å². The molecule has 0 saturated carbocycles. The maximum Gasteiger partial charge on any atom is 0.337 e. The lowest BCUT2D eigenvalue weighted by Crippen LogP contribution is -2.44. The summed E-state index contributed by atoms with van der Waals surface area (Å²) in [5.41, 5.74) is 6.82. The number of nitrogens with one attached hydrogen (secondary N) is 3. The van der Waals surface area contributed by atoms with Crippen LogP contribution in [0.5, 0.6) is 0 Å². The summed E-state index contributed by atoms with van der Waals surface area (Å²) in [6.45, 7) is 2.29. The van der Waals surface area contributed by atoms with E-state index in [1.807, 2.05) is 31.2 Å². The summed E-state index contributed by atoms with van der Waals surface area (Å²) in [5, 5.41) is 2.45. The number of urea groups is 1. The molecule has 0 bridgehead atoms. The third-order valence-electron chi connectivity index (χ3n) is 4.11. The van der Waals surface area contributed by atoms with Gasteiger partial charge in [-0.3, -0.25) is 15.0 Å². The Labute approximate surface area is 166 Å². The molecule has 0 atom stereocenters. The molecule has 8 heteroatoms. The second kappa shape index (κ2) is 8.83. The number of aryl methyl sites for hydroxylation is 1. The van der Waals surface area contributed by atoms with E-state index in [-0.39, 0.29) is 11.1 Å². The lowest BCUT2D eigenvalue weighted by atomic mass is 10.1. The van der Waals surface area contributed by atoms with Crippen molar-refractivity contribution in [2.75, 3.05) is 5.32 Å². The fourth-order valence-corrected chi connectivity index (χ4v) is 2.56. The van der Waals surface area contributed by atoms with Gasteiger partial charge >= 0.3 is 6.03 Å². The molecule has 0 aliphatic carbocycles. The molecule has 0 unspecified atom stereocenters. The summed E-state index contributed by atoms with van der Waals surface area (Å²) in [5.74, 6) is -1.01. The monoisotopic (exact) mass is 394 g/mol. The Morgan fingerprint density at radius 1 is 0.931 bits per heavy atom. The fraction of sp³-hybridized carbons (Fsp3) is 0.0952. The zero-order valence-corrected chi connectivity index (χ0v) is 15.6. The number of hydrazine groups is 1. The van der Waals surface area contributed by atoms with Gasteiger partial charge in [0.05, 0.1) is 12.1 Å². The Morgan fingerprint density at radius 2 is 1.62 bits per heavy atom. The first-order valence-electron chi connectivity index (χ1n) is 8.80. The molecule has 29 heavy (non-hydrogen) atoms. The number of carbonyl (C=O) groups excluding carboxylic acids is 2. The maximum absolute atomic E-state index is 12.9. The topological polar surface area (TPSA) is 92.2 Å². The standard InChI is InChI=1S/C21H19FN4O3/c1-14-2-4-15(5-3-14)12-26-13-16(6-11-19(26)27)20(28)24-25-21(29)23-18-9-7-17(22)8-10-18/h2-11,13H,12H2,1H3,(H,24,28)(H2,23,25,29). The number of nitrogens with zero attached hydrogens (tertiary/aromatic N) is 1. The molecular weight excluding hydrogens is 375 g/mol. The van der Waals surface area contributed by atoms with Gasteiger partial charge in [0.25, 0.3) is 11.5 Å². The number of aromatic nitrogens is 1. The van der Waals surface area contributed by atoms with Crippen LogP contribution in [-0.2, 0) is 6.54 Å². The molecule has 3 amide bonds. The lowest BCUT2D eigenvalue weighted by molar-refractivity contribution is 0.0937. The van der Waals surface area contributed by atoms with Crippen LogP contribution in [0.2, 0.25) is 0 Å². The van der Waals surface area contributed by atoms with Crippen molar-refractivity contribution in [1.29, 1.82) is 0 Å². The minimum atomic E-state index is -0.696. The molecule has 0 saturated heterocycles. The minimum absolute atomic E-state index is 0.207. The number of anilines is 1. The molecule has 1 aromatic heterocycles. The Morgan fingerprint density at radius 3 is 2.31 bits per heavy atom. The van der Waals surface area contributed by atoms with Crippen LogP contribution in [0.3, 0.4) is 0 Å². The van der Waals surface area contributed by atoms with Gasteiger partial charge in [0, 0.05) is 18.0 Å². The zero-order chi connectivity index (χ0) is 20.8. The molecule has 3 rings (SSSR count). The first kappa shape index (κ1) is 19.8. The average molecular weight is 394 g/mol. The van der Waals surface area contributed by atoms with Gasteiger partial charge < -0.3 is 9.88 Å². The normalized spacial score (nSPS) is 10.3. The van der Waals surface area contributed by atoms with Gasteiger partial charge in [0.15, 0.2) is 0 Å². The fourth-order valence-electron chi connectivity index (χ4n) is 2.56. The van der Waals surface area contributed by atoms with Crippen molar-refractivity contribution in [2.24, 2.45) is 0 Å². The van der Waals surface area contributed by atoms with Gasteiger partial charge in [0.2, 0.25) is 0 Å². The van der Waals surface area contributed by atoms with Gasteiger partial charge in [-0.05, 0) is 42.8 Å². The van der Waals surface area contributed by atoms with Crippen molar-refractivity contribution >= 4 is 17.6 Å². The predicted octanol–water partition coefficient (Wildman–Crippen LogP) is 2.81. The predicted molar refractivity (Wildman–Crippen MR) is 107 cm³/mol. The first-order chi connectivity index (χ1) is 13.9. The van der Waals surface area contributed by atoms with E-state index in [2.05, 4.69) is 16.2 Å². The SMILES string of the molecule is Cc1ccc(Cn2cc(C(=O)NNC(=O)Nc3ccc(F)cc3)ccc2=O)cc1. The largest absolute Gasteiger partial charge is 0.337 e. The van der Waals surface area contributed by atoms with Crippen molar-refractivity contribution < 1.29 is 14.0 Å².